The lowest BCUT2D eigenvalue weighted by molar-refractivity contribution is 0.0745. The van der Waals surface area contributed by atoms with Crippen molar-refractivity contribution in [1.29, 1.82) is 0 Å². The molecule has 6 nitrogen and oxygen atoms in total. The molecule has 2 aromatic rings. The zero-order chi connectivity index (χ0) is 18.3. The summed E-state index contributed by atoms with van der Waals surface area (Å²) in [6.45, 7) is 7.01. The number of hydrogen-bond acceptors (Lipinski definition) is 5. The van der Waals surface area contributed by atoms with E-state index in [1.165, 1.54) is 24.0 Å². The van der Waals surface area contributed by atoms with Crippen molar-refractivity contribution in [3.05, 3.63) is 46.8 Å². The highest BCUT2D eigenvalue weighted by molar-refractivity contribution is 5.95. The molecule has 1 saturated carbocycles. The first-order valence-electron chi connectivity index (χ1n) is 9.26. The number of piperazine rings is 1. The molecule has 0 radical (unpaired) electrons. The van der Waals surface area contributed by atoms with Crippen LogP contribution in [0.1, 0.15) is 45.8 Å². The van der Waals surface area contributed by atoms with Crippen molar-refractivity contribution in [3.63, 3.8) is 0 Å². The molecule has 0 atom stereocenters. The highest BCUT2D eigenvalue weighted by Gasteiger charge is 2.31. The van der Waals surface area contributed by atoms with Crippen LogP contribution >= 0.6 is 0 Å². The topological polar surface area (TPSA) is 75.4 Å². The van der Waals surface area contributed by atoms with E-state index in [2.05, 4.69) is 22.9 Å². The number of nitrogen functional groups attached to an aromatic ring is 1. The molecule has 2 N–H and O–H groups in total. The molecule has 1 aliphatic carbocycles. The zero-order valence-electron chi connectivity index (χ0n) is 15.4. The Kier molecular flexibility index (Phi) is 4.26. The number of aromatic nitrogens is 2. The quantitative estimate of drug-likeness (QED) is 0.920. The minimum Gasteiger partial charge on any atom is -0.384 e. The number of anilines is 2. The third-order valence-electron chi connectivity index (χ3n) is 5.28. The Bertz CT molecular complexity index is 838. The van der Waals surface area contributed by atoms with Gasteiger partial charge in [0.2, 0.25) is 0 Å². The van der Waals surface area contributed by atoms with Gasteiger partial charge in [-0.1, -0.05) is 6.07 Å². The average molecular weight is 351 g/mol. The van der Waals surface area contributed by atoms with E-state index >= 15 is 0 Å². The lowest BCUT2D eigenvalue weighted by Gasteiger charge is -2.36. The van der Waals surface area contributed by atoms with Gasteiger partial charge in [-0.25, -0.2) is 9.97 Å². The Hall–Kier alpha value is -2.63. The number of rotatable bonds is 3. The van der Waals surface area contributed by atoms with Gasteiger partial charge < -0.3 is 15.5 Å². The van der Waals surface area contributed by atoms with Gasteiger partial charge in [0, 0.05) is 38.6 Å². The molecule has 3 heterocycles. The largest absolute Gasteiger partial charge is 0.384 e. The van der Waals surface area contributed by atoms with Gasteiger partial charge in [0.1, 0.15) is 11.6 Å². The van der Waals surface area contributed by atoms with Crippen LogP contribution in [0.4, 0.5) is 11.6 Å². The van der Waals surface area contributed by atoms with Gasteiger partial charge in [-0.05, 0) is 55.4 Å². The normalized spacial score (nSPS) is 17.5. The minimum atomic E-state index is 0.0360. The second kappa shape index (κ2) is 6.59. The molecule has 1 amide bonds. The van der Waals surface area contributed by atoms with Gasteiger partial charge in [0.15, 0.2) is 0 Å². The maximum absolute atomic E-state index is 12.8. The van der Waals surface area contributed by atoms with E-state index < -0.39 is 0 Å². The van der Waals surface area contributed by atoms with Crippen LogP contribution in [0.3, 0.4) is 0 Å². The lowest BCUT2D eigenvalue weighted by Crippen LogP contribution is -2.49. The van der Waals surface area contributed by atoms with E-state index in [0.29, 0.717) is 30.4 Å². The average Bonchev–Trinajstić information content (AvgIpc) is 3.46. The maximum atomic E-state index is 12.8. The first-order valence-corrected chi connectivity index (χ1v) is 9.26. The number of amides is 1. The fraction of sp³-hybridized carbons (Fsp3) is 0.450. The molecule has 136 valence electrons. The number of nitrogens with two attached hydrogens (primary N) is 1. The van der Waals surface area contributed by atoms with Gasteiger partial charge in [0.05, 0.1) is 5.56 Å². The second-order valence-corrected chi connectivity index (χ2v) is 7.40. The molecule has 2 aliphatic rings. The molecule has 6 heteroatoms. The number of carbonyl (C=O) groups excluding carboxylic acids is 1. The summed E-state index contributed by atoms with van der Waals surface area (Å²) < 4.78 is 0. The Morgan fingerprint density at radius 1 is 1.08 bits per heavy atom. The van der Waals surface area contributed by atoms with Crippen molar-refractivity contribution >= 4 is 17.5 Å². The summed E-state index contributed by atoms with van der Waals surface area (Å²) in [5.41, 5.74) is 9.80. The smallest absolute Gasteiger partial charge is 0.255 e. The molecule has 1 aliphatic heterocycles. The Morgan fingerprint density at radius 2 is 1.81 bits per heavy atom. The predicted molar refractivity (Wildman–Crippen MR) is 102 cm³/mol. The number of nitrogens with zero attached hydrogens (tertiary/aromatic N) is 4. The van der Waals surface area contributed by atoms with Crippen molar-refractivity contribution in [1.82, 2.24) is 14.9 Å². The van der Waals surface area contributed by atoms with Crippen LogP contribution in [0.25, 0.3) is 0 Å². The van der Waals surface area contributed by atoms with Crippen LogP contribution < -0.4 is 10.6 Å². The first-order chi connectivity index (χ1) is 12.5. The van der Waals surface area contributed by atoms with Crippen LogP contribution in [-0.2, 0) is 0 Å². The Balaban J connectivity index is 1.47. The summed E-state index contributed by atoms with van der Waals surface area (Å²) in [7, 11) is 0. The lowest BCUT2D eigenvalue weighted by atomic mass is 10.1. The predicted octanol–water partition coefficient (Wildman–Crippen LogP) is 2.52. The molecular formula is C20H25N5O. The summed E-state index contributed by atoms with van der Waals surface area (Å²) in [5, 5.41) is 0. The van der Waals surface area contributed by atoms with E-state index in [1.807, 2.05) is 18.0 Å². The number of hydrogen-bond donors (Lipinski definition) is 1. The Morgan fingerprint density at radius 3 is 2.46 bits per heavy atom. The Labute approximate surface area is 154 Å². The fourth-order valence-corrected chi connectivity index (χ4v) is 3.64. The van der Waals surface area contributed by atoms with Crippen molar-refractivity contribution in [2.24, 2.45) is 0 Å². The molecule has 0 bridgehead atoms. The van der Waals surface area contributed by atoms with Crippen molar-refractivity contribution < 1.29 is 4.79 Å². The molecule has 1 saturated heterocycles. The van der Waals surface area contributed by atoms with Gasteiger partial charge in [0.25, 0.3) is 5.91 Å². The number of pyridine rings is 2. The molecule has 0 aromatic carbocycles. The van der Waals surface area contributed by atoms with Gasteiger partial charge in [-0.15, -0.1) is 0 Å². The monoisotopic (exact) mass is 351 g/mol. The van der Waals surface area contributed by atoms with Crippen LogP contribution in [0, 0.1) is 13.8 Å². The summed E-state index contributed by atoms with van der Waals surface area (Å²) in [6, 6.07) is 4.03. The van der Waals surface area contributed by atoms with Gasteiger partial charge >= 0.3 is 0 Å². The first kappa shape index (κ1) is 16.8. The molecule has 2 fully saturated rings. The van der Waals surface area contributed by atoms with E-state index in [0.717, 1.165) is 24.5 Å². The summed E-state index contributed by atoms with van der Waals surface area (Å²) in [6.07, 6.45) is 6.06. The summed E-state index contributed by atoms with van der Waals surface area (Å²) in [4.78, 5) is 25.8. The van der Waals surface area contributed by atoms with Gasteiger partial charge in [-0.3, -0.25) is 4.79 Å². The molecular weight excluding hydrogens is 326 g/mol. The van der Waals surface area contributed by atoms with Crippen LogP contribution in [0.2, 0.25) is 0 Å². The number of carbonyl (C=O) groups is 1. The van der Waals surface area contributed by atoms with Crippen molar-refractivity contribution in [2.75, 3.05) is 36.8 Å². The molecule has 0 unspecified atom stereocenters. The van der Waals surface area contributed by atoms with Crippen LogP contribution in [-0.4, -0.2) is 47.0 Å². The fourth-order valence-electron chi connectivity index (χ4n) is 3.64. The molecule has 2 aromatic heterocycles. The third kappa shape index (κ3) is 3.23. The summed E-state index contributed by atoms with van der Waals surface area (Å²) in [5.74, 6) is 2.26. The zero-order valence-corrected chi connectivity index (χ0v) is 15.4. The summed E-state index contributed by atoms with van der Waals surface area (Å²) >= 11 is 0. The highest BCUT2D eigenvalue weighted by Crippen LogP contribution is 2.44. The van der Waals surface area contributed by atoms with Crippen LogP contribution in [0.15, 0.2) is 24.5 Å². The maximum Gasteiger partial charge on any atom is 0.255 e. The molecule has 26 heavy (non-hydrogen) atoms. The third-order valence-corrected chi connectivity index (χ3v) is 5.28. The van der Waals surface area contributed by atoms with Crippen molar-refractivity contribution in [3.8, 4) is 0 Å². The van der Waals surface area contributed by atoms with Gasteiger partial charge in [-0.2, -0.15) is 0 Å². The number of aryl methyl sites for hydroxylation is 2. The van der Waals surface area contributed by atoms with Crippen molar-refractivity contribution in [2.45, 2.75) is 32.6 Å². The molecule has 0 spiro atoms. The van der Waals surface area contributed by atoms with Crippen LogP contribution in [0.5, 0.6) is 0 Å². The second-order valence-electron chi connectivity index (χ2n) is 7.40. The SMILES string of the molecule is Cc1cnc(N2CCN(C(=O)c3cnc(N)cc3C)CC2)c(C2CC2)c1. The van der Waals surface area contributed by atoms with E-state index in [4.69, 9.17) is 10.7 Å². The van der Waals surface area contributed by atoms with E-state index in [9.17, 15) is 4.79 Å². The van der Waals surface area contributed by atoms with E-state index in [-0.39, 0.29) is 5.91 Å². The van der Waals surface area contributed by atoms with E-state index in [1.54, 1.807) is 12.3 Å². The minimum absolute atomic E-state index is 0.0360. The molecule has 4 rings (SSSR count). The standard InChI is InChI=1S/C20H25N5O/c1-13-9-16(15-3-4-15)19(23-11-13)24-5-7-25(8-6-24)20(26)17-12-22-18(21)10-14(17)2/h9-12,15H,3-8H2,1-2H3,(H2,21,22). The highest BCUT2D eigenvalue weighted by atomic mass is 16.2.